The second-order valence-corrected chi connectivity index (χ2v) is 4.63. The Morgan fingerprint density at radius 2 is 1.85 bits per heavy atom. The van der Waals surface area contributed by atoms with E-state index in [1.807, 2.05) is 12.1 Å². The third kappa shape index (κ3) is 3.30. The van der Waals surface area contributed by atoms with Gasteiger partial charge in [0.1, 0.15) is 0 Å². The van der Waals surface area contributed by atoms with E-state index in [0.29, 0.717) is 11.5 Å². The van der Waals surface area contributed by atoms with Crippen LogP contribution in [0.5, 0.6) is 0 Å². The summed E-state index contributed by atoms with van der Waals surface area (Å²) in [6, 6.07) is 8.11. The highest BCUT2D eigenvalue weighted by atomic mass is 35.5. The maximum atomic E-state index is 5.80. The first-order chi connectivity index (χ1) is 9.63. The fraction of sp³-hybridized carbons (Fsp3) is 0.286. The van der Waals surface area contributed by atoms with Gasteiger partial charge in [-0.3, -0.25) is 0 Å². The molecule has 0 atom stereocenters. The number of nitrogens with two attached hydrogens (primary N) is 1. The van der Waals surface area contributed by atoms with Crippen LogP contribution in [0.25, 0.3) is 0 Å². The fourth-order valence-corrected chi connectivity index (χ4v) is 2.08. The summed E-state index contributed by atoms with van der Waals surface area (Å²) < 4.78 is 0. The summed E-state index contributed by atoms with van der Waals surface area (Å²) in [5.74, 6) is 0.514. The van der Waals surface area contributed by atoms with Crippen molar-refractivity contribution in [3.05, 3.63) is 35.7 Å². The molecular formula is C14H18ClN5. The first-order valence-electron chi connectivity index (χ1n) is 6.54. The van der Waals surface area contributed by atoms with E-state index in [4.69, 9.17) is 17.3 Å². The second-order valence-electron chi connectivity index (χ2n) is 4.29. The number of hydrogen-bond donors (Lipinski definition) is 2. The van der Waals surface area contributed by atoms with E-state index in [-0.39, 0.29) is 5.28 Å². The van der Waals surface area contributed by atoms with Crippen LogP contribution in [-0.2, 0) is 0 Å². The highest BCUT2D eigenvalue weighted by Gasteiger charge is 2.05. The first kappa shape index (κ1) is 14.4. The molecule has 6 heteroatoms. The van der Waals surface area contributed by atoms with Gasteiger partial charge in [0.2, 0.25) is 5.28 Å². The molecule has 0 aliphatic carbocycles. The fourth-order valence-electron chi connectivity index (χ4n) is 1.95. The minimum absolute atomic E-state index is 0.168. The van der Waals surface area contributed by atoms with Gasteiger partial charge in [0.25, 0.3) is 0 Å². The molecule has 0 radical (unpaired) electrons. The molecule has 1 aromatic heterocycles. The van der Waals surface area contributed by atoms with Crippen molar-refractivity contribution in [2.45, 2.75) is 13.8 Å². The van der Waals surface area contributed by atoms with Gasteiger partial charge in [-0.25, -0.2) is 4.98 Å². The zero-order valence-electron chi connectivity index (χ0n) is 11.6. The number of aromatic nitrogens is 2. The van der Waals surface area contributed by atoms with E-state index in [9.17, 15) is 0 Å². The zero-order valence-corrected chi connectivity index (χ0v) is 12.4. The Kier molecular flexibility index (Phi) is 4.63. The van der Waals surface area contributed by atoms with Gasteiger partial charge in [-0.1, -0.05) is 0 Å². The van der Waals surface area contributed by atoms with Crippen LogP contribution in [0.3, 0.4) is 0 Å². The van der Waals surface area contributed by atoms with Gasteiger partial charge < -0.3 is 16.0 Å². The molecule has 0 aliphatic heterocycles. The largest absolute Gasteiger partial charge is 0.394 e. The van der Waals surface area contributed by atoms with Crippen molar-refractivity contribution in [2.24, 2.45) is 0 Å². The molecule has 2 aromatic rings. The van der Waals surface area contributed by atoms with E-state index >= 15 is 0 Å². The quantitative estimate of drug-likeness (QED) is 0.827. The van der Waals surface area contributed by atoms with Crippen LogP contribution in [0, 0.1) is 0 Å². The predicted molar refractivity (Wildman–Crippen MR) is 84.7 cm³/mol. The third-order valence-corrected chi connectivity index (χ3v) is 3.23. The Morgan fingerprint density at radius 1 is 1.20 bits per heavy atom. The summed E-state index contributed by atoms with van der Waals surface area (Å²) in [6.45, 7) is 6.24. The summed E-state index contributed by atoms with van der Waals surface area (Å²) in [7, 11) is 0. The predicted octanol–water partition coefficient (Wildman–Crippen LogP) is 3.30. The lowest BCUT2D eigenvalue weighted by atomic mass is 10.2. The minimum atomic E-state index is 0.168. The van der Waals surface area contributed by atoms with Crippen LogP contribution in [0.15, 0.2) is 30.5 Å². The van der Waals surface area contributed by atoms with Crippen molar-refractivity contribution >= 4 is 34.5 Å². The maximum Gasteiger partial charge on any atom is 0.224 e. The molecule has 1 aromatic carbocycles. The highest BCUT2D eigenvalue weighted by Crippen LogP contribution is 2.23. The summed E-state index contributed by atoms with van der Waals surface area (Å²) >= 11 is 5.76. The molecule has 0 spiro atoms. The number of rotatable bonds is 5. The molecule has 5 nitrogen and oxygen atoms in total. The number of hydrogen-bond acceptors (Lipinski definition) is 5. The Morgan fingerprint density at radius 3 is 2.45 bits per heavy atom. The van der Waals surface area contributed by atoms with Crippen LogP contribution in [0.4, 0.5) is 22.9 Å². The Bertz CT molecular complexity index is 566. The summed E-state index contributed by atoms with van der Waals surface area (Å²) in [5, 5.41) is 3.30. The van der Waals surface area contributed by atoms with Crippen LogP contribution in [-0.4, -0.2) is 23.1 Å². The van der Waals surface area contributed by atoms with Gasteiger partial charge in [-0.05, 0) is 49.7 Å². The van der Waals surface area contributed by atoms with Crippen molar-refractivity contribution in [3.8, 4) is 0 Å². The van der Waals surface area contributed by atoms with E-state index in [0.717, 1.165) is 18.8 Å². The standard InChI is InChI=1S/C14H18ClN5/c1-3-20(4-2)11-7-5-10(6-8-11)18-13-12(16)9-17-14(15)19-13/h5-9H,3-4,16H2,1-2H3,(H,17,18,19). The SMILES string of the molecule is CCN(CC)c1ccc(Nc2nc(Cl)ncc2N)cc1. The first-order valence-corrected chi connectivity index (χ1v) is 6.91. The monoisotopic (exact) mass is 291 g/mol. The number of nitrogens with one attached hydrogen (secondary N) is 1. The summed E-state index contributed by atoms with van der Waals surface area (Å²) in [5.41, 5.74) is 8.36. The summed E-state index contributed by atoms with van der Waals surface area (Å²) in [6.07, 6.45) is 1.49. The number of halogens is 1. The minimum Gasteiger partial charge on any atom is -0.394 e. The molecule has 3 N–H and O–H groups in total. The van der Waals surface area contributed by atoms with Gasteiger partial charge in [0.15, 0.2) is 5.82 Å². The van der Waals surface area contributed by atoms with Gasteiger partial charge in [0.05, 0.1) is 11.9 Å². The van der Waals surface area contributed by atoms with Gasteiger partial charge in [-0.15, -0.1) is 0 Å². The molecule has 20 heavy (non-hydrogen) atoms. The average Bonchev–Trinajstić information content (AvgIpc) is 2.46. The second kappa shape index (κ2) is 6.43. The van der Waals surface area contributed by atoms with Crippen LogP contribution in [0.1, 0.15) is 13.8 Å². The van der Waals surface area contributed by atoms with Gasteiger partial charge in [0, 0.05) is 24.5 Å². The molecule has 0 saturated carbocycles. The Balaban J connectivity index is 2.16. The normalized spacial score (nSPS) is 10.3. The lowest BCUT2D eigenvalue weighted by molar-refractivity contribution is 0.866. The van der Waals surface area contributed by atoms with Crippen LogP contribution in [0.2, 0.25) is 5.28 Å². The van der Waals surface area contributed by atoms with Crippen LogP contribution < -0.4 is 16.0 Å². The number of anilines is 4. The smallest absolute Gasteiger partial charge is 0.224 e. The highest BCUT2D eigenvalue weighted by molar-refractivity contribution is 6.28. The van der Waals surface area contributed by atoms with Crippen molar-refractivity contribution in [3.63, 3.8) is 0 Å². The van der Waals surface area contributed by atoms with Crippen molar-refractivity contribution in [2.75, 3.05) is 29.0 Å². The lowest BCUT2D eigenvalue weighted by Crippen LogP contribution is -2.21. The molecule has 106 valence electrons. The van der Waals surface area contributed by atoms with Gasteiger partial charge in [-0.2, -0.15) is 4.98 Å². The lowest BCUT2D eigenvalue weighted by Gasteiger charge is -2.21. The zero-order chi connectivity index (χ0) is 14.5. The Labute approximate surface area is 123 Å². The molecule has 0 fully saturated rings. The van der Waals surface area contributed by atoms with Crippen molar-refractivity contribution in [1.82, 2.24) is 9.97 Å². The van der Waals surface area contributed by atoms with E-state index in [1.165, 1.54) is 11.9 Å². The van der Waals surface area contributed by atoms with E-state index in [1.54, 1.807) is 0 Å². The number of benzene rings is 1. The molecule has 1 heterocycles. The molecule has 2 rings (SSSR count). The molecular weight excluding hydrogens is 274 g/mol. The number of nitrogen functional groups attached to an aromatic ring is 1. The topological polar surface area (TPSA) is 67.1 Å². The average molecular weight is 292 g/mol. The van der Waals surface area contributed by atoms with E-state index in [2.05, 4.69) is 46.2 Å². The number of nitrogens with zero attached hydrogens (tertiary/aromatic N) is 3. The van der Waals surface area contributed by atoms with E-state index < -0.39 is 0 Å². The Hall–Kier alpha value is -2.01. The van der Waals surface area contributed by atoms with Gasteiger partial charge >= 0.3 is 0 Å². The molecule has 0 amide bonds. The summed E-state index contributed by atoms with van der Waals surface area (Å²) in [4.78, 5) is 10.2. The molecule has 0 saturated heterocycles. The molecule has 0 aliphatic rings. The van der Waals surface area contributed by atoms with Crippen LogP contribution >= 0.6 is 11.6 Å². The molecule has 0 unspecified atom stereocenters. The molecule has 0 bridgehead atoms. The van der Waals surface area contributed by atoms with Crippen molar-refractivity contribution in [1.29, 1.82) is 0 Å². The maximum absolute atomic E-state index is 5.80. The van der Waals surface area contributed by atoms with Crippen molar-refractivity contribution < 1.29 is 0 Å². The third-order valence-electron chi connectivity index (χ3n) is 3.05.